The molecule has 1 aromatic carbocycles. The van der Waals surface area contributed by atoms with Crippen LogP contribution in [0.25, 0.3) is 0 Å². The van der Waals surface area contributed by atoms with Gasteiger partial charge in [0.2, 0.25) is 0 Å². The van der Waals surface area contributed by atoms with Crippen molar-refractivity contribution in [3.8, 4) is 5.75 Å². The van der Waals surface area contributed by atoms with Gasteiger partial charge in [0.1, 0.15) is 11.5 Å². The van der Waals surface area contributed by atoms with Crippen LogP contribution in [0.1, 0.15) is 30.7 Å². The summed E-state index contributed by atoms with van der Waals surface area (Å²) in [5, 5.41) is 3.56. The standard InChI is InChI=1S/C16H21NO2/c1-3-10-17-16(12-15-5-4-11-19-15)13-6-8-14(18-2)9-7-13/h4-9,11,16-17H,3,10,12H2,1-2H3. The maximum atomic E-state index is 5.45. The largest absolute Gasteiger partial charge is 0.497 e. The Morgan fingerprint density at radius 3 is 2.58 bits per heavy atom. The molecular weight excluding hydrogens is 238 g/mol. The van der Waals surface area contributed by atoms with Crippen molar-refractivity contribution in [2.45, 2.75) is 25.8 Å². The average molecular weight is 259 g/mol. The van der Waals surface area contributed by atoms with Gasteiger partial charge in [0.15, 0.2) is 0 Å². The third-order valence-electron chi connectivity index (χ3n) is 3.14. The molecule has 3 nitrogen and oxygen atoms in total. The van der Waals surface area contributed by atoms with Gasteiger partial charge in [-0.15, -0.1) is 0 Å². The fraction of sp³-hybridized carbons (Fsp3) is 0.375. The molecule has 0 radical (unpaired) electrons. The average Bonchev–Trinajstić information content (AvgIpc) is 2.96. The van der Waals surface area contributed by atoms with Crippen molar-refractivity contribution in [1.82, 2.24) is 5.32 Å². The number of benzene rings is 1. The summed E-state index contributed by atoms with van der Waals surface area (Å²) in [5.41, 5.74) is 1.26. The molecule has 1 unspecified atom stereocenters. The van der Waals surface area contributed by atoms with E-state index in [1.54, 1.807) is 13.4 Å². The molecule has 0 spiro atoms. The molecule has 1 aromatic heterocycles. The minimum atomic E-state index is 0.275. The molecule has 0 aliphatic heterocycles. The van der Waals surface area contributed by atoms with E-state index >= 15 is 0 Å². The van der Waals surface area contributed by atoms with Crippen LogP contribution in [0.5, 0.6) is 5.75 Å². The van der Waals surface area contributed by atoms with Crippen LogP contribution < -0.4 is 10.1 Å². The highest BCUT2D eigenvalue weighted by Crippen LogP contribution is 2.21. The first kappa shape index (κ1) is 13.7. The van der Waals surface area contributed by atoms with Crippen LogP contribution >= 0.6 is 0 Å². The maximum absolute atomic E-state index is 5.45. The van der Waals surface area contributed by atoms with Crippen LogP contribution in [0.15, 0.2) is 47.1 Å². The lowest BCUT2D eigenvalue weighted by atomic mass is 10.0. The Labute approximate surface area is 114 Å². The molecule has 2 aromatic rings. The summed E-state index contributed by atoms with van der Waals surface area (Å²) in [6.07, 6.45) is 3.70. The van der Waals surface area contributed by atoms with E-state index in [0.29, 0.717) is 0 Å². The molecule has 0 aliphatic carbocycles. The topological polar surface area (TPSA) is 34.4 Å². The molecule has 1 heterocycles. The van der Waals surface area contributed by atoms with Crippen molar-refractivity contribution in [3.63, 3.8) is 0 Å². The number of rotatable bonds is 7. The van der Waals surface area contributed by atoms with Crippen molar-refractivity contribution in [1.29, 1.82) is 0 Å². The number of hydrogen-bond donors (Lipinski definition) is 1. The molecule has 2 rings (SSSR count). The highest BCUT2D eigenvalue weighted by Gasteiger charge is 2.13. The number of furan rings is 1. The van der Waals surface area contributed by atoms with E-state index < -0.39 is 0 Å². The second-order valence-electron chi connectivity index (χ2n) is 4.56. The van der Waals surface area contributed by atoms with Crippen LogP contribution in [-0.4, -0.2) is 13.7 Å². The zero-order chi connectivity index (χ0) is 13.5. The lowest BCUT2D eigenvalue weighted by Gasteiger charge is -2.18. The summed E-state index contributed by atoms with van der Waals surface area (Å²) in [4.78, 5) is 0. The molecule has 0 bridgehead atoms. The van der Waals surface area contributed by atoms with E-state index in [9.17, 15) is 0 Å². The van der Waals surface area contributed by atoms with Crippen molar-refractivity contribution in [3.05, 3.63) is 54.0 Å². The lowest BCUT2D eigenvalue weighted by molar-refractivity contribution is 0.413. The molecular formula is C16H21NO2. The van der Waals surface area contributed by atoms with E-state index in [0.717, 1.165) is 30.9 Å². The van der Waals surface area contributed by atoms with E-state index in [1.165, 1.54) is 5.56 Å². The van der Waals surface area contributed by atoms with Crippen molar-refractivity contribution in [2.75, 3.05) is 13.7 Å². The van der Waals surface area contributed by atoms with Gasteiger partial charge in [-0.3, -0.25) is 0 Å². The van der Waals surface area contributed by atoms with Gasteiger partial charge in [-0.25, -0.2) is 0 Å². The molecule has 19 heavy (non-hydrogen) atoms. The minimum absolute atomic E-state index is 0.275. The smallest absolute Gasteiger partial charge is 0.118 e. The zero-order valence-corrected chi connectivity index (χ0v) is 11.6. The van der Waals surface area contributed by atoms with Crippen molar-refractivity contribution >= 4 is 0 Å². The second-order valence-corrected chi connectivity index (χ2v) is 4.56. The van der Waals surface area contributed by atoms with Crippen LogP contribution in [0.2, 0.25) is 0 Å². The molecule has 0 fully saturated rings. The van der Waals surface area contributed by atoms with Gasteiger partial charge in [0.05, 0.1) is 13.4 Å². The first-order valence-corrected chi connectivity index (χ1v) is 6.73. The fourth-order valence-corrected chi connectivity index (χ4v) is 2.09. The van der Waals surface area contributed by atoms with Crippen LogP contribution in [0, 0.1) is 0 Å². The fourth-order valence-electron chi connectivity index (χ4n) is 2.09. The highest BCUT2D eigenvalue weighted by molar-refractivity contribution is 5.29. The monoisotopic (exact) mass is 259 g/mol. The Hall–Kier alpha value is -1.74. The van der Waals surface area contributed by atoms with Crippen molar-refractivity contribution in [2.24, 2.45) is 0 Å². The molecule has 102 valence electrons. The number of ether oxygens (including phenoxy) is 1. The molecule has 0 amide bonds. The molecule has 3 heteroatoms. The van der Waals surface area contributed by atoms with Gasteiger partial charge in [-0.2, -0.15) is 0 Å². The quantitative estimate of drug-likeness (QED) is 0.825. The summed E-state index contributed by atoms with van der Waals surface area (Å²) < 4.78 is 10.6. The van der Waals surface area contributed by atoms with Gasteiger partial charge in [0.25, 0.3) is 0 Å². The SMILES string of the molecule is CCCNC(Cc1ccco1)c1ccc(OC)cc1. The summed E-state index contributed by atoms with van der Waals surface area (Å²) in [5.74, 6) is 1.89. The Bertz CT molecular complexity index is 462. The summed E-state index contributed by atoms with van der Waals surface area (Å²) in [7, 11) is 1.69. The highest BCUT2D eigenvalue weighted by atomic mass is 16.5. The normalized spacial score (nSPS) is 12.3. The van der Waals surface area contributed by atoms with Gasteiger partial charge in [-0.05, 0) is 42.8 Å². The molecule has 1 atom stereocenters. The maximum Gasteiger partial charge on any atom is 0.118 e. The molecule has 0 aliphatic rings. The van der Waals surface area contributed by atoms with Crippen LogP contribution in [-0.2, 0) is 6.42 Å². The van der Waals surface area contributed by atoms with E-state index in [4.69, 9.17) is 9.15 Å². The predicted octanol–water partition coefficient (Wildman–Crippen LogP) is 3.57. The Balaban J connectivity index is 2.10. The van der Waals surface area contributed by atoms with E-state index in [-0.39, 0.29) is 6.04 Å². The molecule has 0 saturated carbocycles. The van der Waals surface area contributed by atoms with Gasteiger partial charge >= 0.3 is 0 Å². The van der Waals surface area contributed by atoms with Crippen molar-refractivity contribution < 1.29 is 9.15 Å². The molecule has 1 N–H and O–H groups in total. The number of hydrogen-bond acceptors (Lipinski definition) is 3. The van der Waals surface area contributed by atoms with Gasteiger partial charge in [-0.1, -0.05) is 19.1 Å². The Kier molecular flexibility index (Phi) is 5.04. The first-order chi connectivity index (χ1) is 9.33. The summed E-state index contributed by atoms with van der Waals surface area (Å²) in [6.45, 7) is 3.17. The first-order valence-electron chi connectivity index (χ1n) is 6.73. The Morgan fingerprint density at radius 2 is 2.00 bits per heavy atom. The number of methoxy groups -OCH3 is 1. The second kappa shape index (κ2) is 7.00. The lowest BCUT2D eigenvalue weighted by Crippen LogP contribution is -2.23. The molecule has 0 saturated heterocycles. The zero-order valence-electron chi connectivity index (χ0n) is 11.6. The third kappa shape index (κ3) is 3.86. The van der Waals surface area contributed by atoms with Crippen LogP contribution in [0.4, 0.5) is 0 Å². The third-order valence-corrected chi connectivity index (χ3v) is 3.14. The number of nitrogens with one attached hydrogen (secondary N) is 1. The summed E-state index contributed by atoms with van der Waals surface area (Å²) in [6, 6.07) is 12.4. The minimum Gasteiger partial charge on any atom is -0.497 e. The van der Waals surface area contributed by atoms with Crippen LogP contribution in [0.3, 0.4) is 0 Å². The van der Waals surface area contributed by atoms with E-state index in [1.807, 2.05) is 24.3 Å². The van der Waals surface area contributed by atoms with E-state index in [2.05, 4.69) is 24.4 Å². The summed E-state index contributed by atoms with van der Waals surface area (Å²) >= 11 is 0. The van der Waals surface area contributed by atoms with Gasteiger partial charge in [0, 0.05) is 12.5 Å². The Morgan fingerprint density at radius 1 is 1.21 bits per heavy atom. The predicted molar refractivity (Wildman–Crippen MR) is 76.4 cm³/mol. The van der Waals surface area contributed by atoms with Gasteiger partial charge < -0.3 is 14.5 Å².